The molecule has 2 N–H and O–H groups in total. The second kappa shape index (κ2) is 4.88. The van der Waals surface area contributed by atoms with Crippen molar-refractivity contribution in [3.63, 3.8) is 0 Å². The third-order valence-electron chi connectivity index (χ3n) is 2.40. The maximum absolute atomic E-state index is 12.1. The molecule has 3 nitrogen and oxygen atoms in total. The lowest BCUT2D eigenvalue weighted by molar-refractivity contribution is 0.0913. The molecule has 17 heavy (non-hydrogen) atoms. The van der Waals surface area contributed by atoms with Crippen LogP contribution in [0.5, 0.6) is 5.75 Å². The molecule has 1 aromatic rings. The van der Waals surface area contributed by atoms with E-state index in [1.807, 2.05) is 32.9 Å². The van der Waals surface area contributed by atoms with Gasteiger partial charge in [-0.1, -0.05) is 0 Å². The topological polar surface area (TPSA) is 52.3 Å². The molecule has 1 aromatic carbocycles. The van der Waals surface area contributed by atoms with Crippen LogP contribution >= 0.6 is 0 Å². The van der Waals surface area contributed by atoms with E-state index in [9.17, 15) is 4.79 Å². The fourth-order valence-corrected chi connectivity index (χ4v) is 1.58. The first-order chi connectivity index (χ1) is 7.71. The minimum atomic E-state index is -0.842. The van der Waals surface area contributed by atoms with Crippen LogP contribution in [0.2, 0.25) is 0 Å². The van der Waals surface area contributed by atoms with Gasteiger partial charge in [0.15, 0.2) is 5.78 Å². The van der Waals surface area contributed by atoms with Gasteiger partial charge in [0.1, 0.15) is 5.75 Å². The number of ether oxygens (including phenoxy) is 1. The fourth-order valence-electron chi connectivity index (χ4n) is 1.58. The number of Topliss-reactive ketones (excluding diaryl/α,β-unsaturated/α-hetero) is 1. The summed E-state index contributed by atoms with van der Waals surface area (Å²) >= 11 is 0. The zero-order valence-electron chi connectivity index (χ0n) is 11.2. The molecule has 0 bridgehead atoms. The number of carbonyl (C=O) groups excluding carboxylic acids is 1. The van der Waals surface area contributed by atoms with Crippen molar-refractivity contribution >= 4 is 5.78 Å². The van der Waals surface area contributed by atoms with Gasteiger partial charge in [-0.3, -0.25) is 4.79 Å². The van der Waals surface area contributed by atoms with Crippen molar-refractivity contribution in [2.45, 2.75) is 46.3 Å². The maximum atomic E-state index is 12.1. The second-order valence-corrected chi connectivity index (χ2v) is 5.19. The summed E-state index contributed by atoms with van der Waals surface area (Å²) in [7, 11) is 0. The summed E-state index contributed by atoms with van der Waals surface area (Å²) in [5.74, 6) is 0.731. The number of nitrogens with two attached hydrogens (primary N) is 1. The van der Waals surface area contributed by atoms with Crippen LogP contribution in [0.4, 0.5) is 0 Å². The highest BCUT2D eigenvalue weighted by Gasteiger charge is 2.24. The van der Waals surface area contributed by atoms with Gasteiger partial charge in [0.2, 0.25) is 0 Å². The smallest absolute Gasteiger partial charge is 0.182 e. The van der Waals surface area contributed by atoms with Crippen LogP contribution in [0.3, 0.4) is 0 Å². The highest BCUT2D eigenvalue weighted by molar-refractivity contribution is 6.03. The van der Waals surface area contributed by atoms with Crippen LogP contribution in [0.25, 0.3) is 0 Å². The van der Waals surface area contributed by atoms with Crippen LogP contribution in [-0.4, -0.2) is 17.4 Å². The van der Waals surface area contributed by atoms with Crippen molar-refractivity contribution < 1.29 is 9.53 Å². The molecular formula is C14H21NO2. The number of hydrogen-bond donors (Lipinski definition) is 1. The Labute approximate surface area is 103 Å². The van der Waals surface area contributed by atoms with Gasteiger partial charge in [0.25, 0.3) is 0 Å². The predicted molar refractivity (Wildman–Crippen MR) is 69.5 cm³/mol. The molecule has 1 rings (SSSR count). The molecular weight excluding hydrogens is 214 g/mol. The Morgan fingerprint density at radius 2 is 1.94 bits per heavy atom. The van der Waals surface area contributed by atoms with Crippen LogP contribution < -0.4 is 10.5 Å². The first-order valence-electron chi connectivity index (χ1n) is 5.83. The zero-order chi connectivity index (χ0) is 13.2. The van der Waals surface area contributed by atoms with Crippen molar-refractivity contribution in [2.75, 3.05) is 0 Å². The molecule has 0 atom stereocenters. The van der Waals surface area contributed by atoms with Gasteiger partial charge in [-0.05, 0) is 58.4 Å². The summed E-state index contributed by atoms with van der Waals surface area (Å²) in [6.45, 7) is 9.27. The number of carbonyl (C=O) groups is 1. The Morgan fingerprint density at radius 1 is 1.35 bits per heavy atom. The van der Waals surface area contributed by atoms with Gasteiger partial charge < -0.3 is 10.5 Å². The summed E-state index contributed by atoms with van der Waals surface area (Å²) in [6.07, 6.45) is 0.127. The minimum Gasteiger partial charge on any atom is -0.491 e. The van der Waals surface area contributed by atoms with E-state index in [1.165, 1.54) is 0 Å². The fraction of sp³-hybridized carbons (Fsp3) is 0.500. The molecule has 0 aliphatic heterocycles. The van der Waals surface area contributed by atoms with Crippen LogP contribution in [-0.2, 0) is 0 Å². The van der Waals surface area contributed by atoms with Gasteiger partial charge >= 0.3 is 0 Å². The van der Waals surface area contributed by atoms with Gasteiger partial charge in [0, 0.05) is 5.56 Å². The summed E-state index contributed by atoms with van der Waals surface area (Å²) in [4.78, 5) is 12.1. The highest BCUT2D eigenvalue weighted by Crippen LogP contribution is 2.21. The van der Waals surface area contributed by atoms with E-state index in [4.69, 9.17) is 10.5 Å². The number of ketones is 1. The third-order valence-corrected chi connectivity index (χ3v) is 2.40. The van der Waals surface area contributed by atoms with Crippen molar-refractivity contribution in [3.05, 3.63) is 29.3 Å². The molecule has 0 aliphatic rings. The molecule has 0 unspecified atom stereocenters. The number of aryl methyl sites for hydroxylation is 1. The summed E-state index contributed by atoms with van der Waals surface area (Å²) in [5, 5.41) is 0. The molecule has 3 heteroatoms. The molecule has 0 aliphatic carbocycles. The lowest BCUT2D eigenvalue weighted by Gasteiger charge is -2.19. The SMILES string of the molecule is Cc1cc(OC(C)C)ccc1C(=O)C(C)(C)N. The Hall–Kier alpha value is -1.35. The van der Waals surface area contributed by atoms with E-state index in [2.05, 4.69) is 0 Å². The van der Waals surface area contributed by atoms with Crippen LogP contribution in [0.1, 0.15) is 43.6 Å². The van der Waals surface area contributed by atoms with Crippen LogP contribution in [0, 0.1) is 6.92 Å². The Balaban J connectivity index is 3.02. The van der Waals surface area contributed by atoms with E-state index in [0.717, 1.165) is 11.3 Å². The van der Waals surface area contributed by atoms with E-state index in [0.29, 0.717) is 5.56 Å². The average molecular weight is 235 g/mol. The highest BCUT2D eigenvalue weighted by atomic mass is 16.5. The average Bonchev–Trinajstić information content (AvgIpc) is 2.14. The monoisotopic (exact) mass is 235 g/mol. The van der Waals surface area contributed by atoms with Crippen molar-refractivity contribution in [2.24, 2.45) is 5.73 Å². The van der Waals surface area contributed by atoms with E-state index >= 15 is 0 Å². The lowest BCUT2D eigenvalue weighted by atomic mass is 9.91. The van der Waals surface area contributed by atoms with Gasteiger partial charge in [-0.2, -0.15) is 0 Å². The van der Waals surface area contributed by atoms with Gasteiger partial charge in [0.05, 0.1) is 11.6 Å². The largest absolute Gasteiger partial charge is 0.491 e. The number of hydrogen-bond acceptors (Lipinski definition) is 3. The quantitative estimate of drug-likeness (QED) is 0.816. The molecule has 0 spiro atoms. The predicted octanol–water partition coefficient (Wildman–Crippen LogP) is 2.70. The Bertz CT molecular complexity index is 417. The molecule has 0 amide bonds. The van der Waals surface area contributed by atoms with E-state index in [1.54, 1.807) is 19.9 Å². The molecule has 0 radical (unpaired) electrons. The number of rotatable bonds is 4. The van der Waals surface area contributed by atoms with Gasteiger partial charge in [-0.15, -0.1) is 0 Å². The first kappa shape index (κ1) is 13.7. The van der Waals surface area contributed by atoms with Crippen molar-refractivity contribution in [1.29, 1.82) is 0 Å². The summed E-state index contributed by atoms with van der Waals surface area (Å²) in [5.41, 5.74) is 6.53. The molecule has 0 aromatic heterocycles. The molecule has 0 fully saturated rings. The normalized spacial score (nSPS) is 11.7. The number of benzene rings is 1. The third kappa shape index (κ3) is 3.56. The summed E-state index contributed by atoms with van der Waals surface area (Å²) < 4.78 is 5.57. The maximum Gasteiger partial charge on any atom is 0.182 e. The van der Waals surface area contributed by atoms with Crippen molar-refractivity contribution in [3.8, 4) is 5.75 Å². The molecule has 0 saturated heterocycles. The minimum absolute atomic E-state index is 0.0499. The Kier molecular flexibility index (Phi) is 3.94. The van der Waals surface area contributed by atoms with E-state index < -0.39 is 5.54 Å². The molecule has 0 heterocycles. The molecule has 94 valence electrons. The molecule has 0 saturated carbocycles. The zero-order valence-corrected chi connectivity index (χ0v) is 11.2. The first-order valence-corrected chi connectivity index (χ1v) is 5.83. The van der Waals surface area contributed by atoms with E-state index in [-0.39, 0.29) is 11.9 Å². The standard InChI is InChI=1S/C14H21NO2/c1-9(2)17-11-6-7-12(10(3)8-11)13(16)14(4,5)15/h6-9H,15H2,1-5H3. The summed E-state index contributed by atoms with van der Waals surface area (Å²) in [6, 6.07) is 5.47. The van der Waals surface area contributed by atoms with Crippen molar-refractivity contribution in [1.82, 2.24) is 0 Å². The Morgan fingerprint density at radius 3 is 2.35 bits per heavy atom. The van der Waals surface area contributed by atoms with Gasteiger partial charge in [-0.25, -0.2) is 0 Å². The second-order valence-electron chi connectivity index (χ2n) is 5.19. The lowest BCUT2D eigenvalue weighted by Crippen LogP contribution is -2.41. The van der Waals surface area contributed by atoms with Crippen LogP contribution in [0.15, 0.2) is 18.2 Å².